The smallest absolute Gasteiger partial charge is 0.243 e. The summed E-state index contributed by atoms with van der Waals surface area (Å²) in [6, 6.07) is 5.67. The van der Waals surface area contributed by atoms with Crippen LogP contribution >= 0.6 is 12.4 Å². The number of fused-ring (bicyclic) bond motifs is 1. The second-order valence-electron chi connectivity index (χ2n) is 5.86. The molecule has 3 rings (SSSR count). The van der Waals surface area contributed by atoms with Crippen molar-refractivity contribution in [2.24, 2.45) is 5.92 Å². The van der Waals surface area contributed by atoms with Crippen LogP contribution in [-0.4, -0.2) is 39.4 Å². The average molecular weight is 331 g/mol. The van der Waals surface area contributed by atoms with Crippen molar-refractivity contribution in [1.82, 2.24) is 9.62 Å². The van der Waals surface area contributed by atoms with Gasteiger partial charge in [0.25, 0.3) is 0 Å². The van der Waals surface area contributed by atoms with Crippen LogP contribution in [0.3, 0.4) is 0 Å². The van der Waals surface area contributed by atoms with E-state index in [0.29, 0.717) is 23.9 Å². The van der Waals surface area contributed by atoms with Crippen LogP contribution in [0.1, 0.15) is 24.0 Å². The van der Waals surface area contributed by atoms with E-state index in [9.17, 15) is 8.42 Å². The Hall–Kier alpha value is -0.620. The number of halogens is 1. The zero-order chi connectivity index (χ0) is 14.2. The molecule has 1 aliphatic heterocycles. The van der Waals surface area contributed by atoms with Crippen molar-refractivity contribution < 1.29 is 8.42 Å². The molecular formula is C15H23ClN2O2S. The van der Waals surface area contributed by atoms with Crippen molar-refractivity contribution in [3.8, 4) is 0 Å². The second-order valence-corrected chi connectivity index (χ2v) is 7.80. The van der Waals surface area contributed by atoms with Gasteiger partial charge in [-0.25, -0.2) is 8.42 Å². The standard InChI is InChI=1S/C15H22N2O2S.ClH/c1-16-10-12-7-8-17(11-12)20(18,19)15-6-5-13-3-2-4-14(13)9-15;/h5-6,9,12,16H,2-4,7-8,10-11H2,1H3;1H. The van der Waals surface area contributed by atoms with E-state index >= 15 is 0 Å². The third kappa shape index (κ3) is 3.26. The first-order chi connectivity index (χ1) is 9.61. The highest BCUT2D eigenvalue weighted by atomic mass is 35.5. The molecule has 1 aliphatic carbocycles. The lowest BCUT2D eigenvalue weighted by Crippen LogP contribution is -2.30. The molecule has 1 aromatic carbocycles. The molecule has 0 spiro atoms. The first kappa shape index (κ1) is 16.7. The molecule has 1 atom stereocenters. The van der Waals surface area contributed by atoms with E-state index < -0.39 is 10.0 Å². The summed E-state index contributed by atoms with van der Waals surface area (Å²) in [5, 5.41) is 3.13. The van der Waals surface area contributed by atoms with Gasteiger partial charge >= 0.3 is 0 Å². The normalized spacial score (nSPS) is 22.0. The topological polar surface area (TPSA) is 49.4 Å². The summed E-state index contributed by atoms with van der Waals surface area (Å²) in [6.07, 6.45) is 4.20. The Morgan fingerprint density at radius 3 is 2.81 bits per heavy atom. The van der Waals surface area contributed by atoms with Gasteiger partial charge in [-0.15, -0.1) is 12.4 Å². The van der Waals surface area contributed by atoms with Gasteiger partial charge in [0.2, 0.25) is 10.0 Å². The van der Waals surface area contributed by atoms with Gasteiger partial charge in [0.05, 0.1) is 4.90 Å². The number of aryl methyl sites for hydroxylation is 2. The largest absolute Gasteiger partial charge is 0.319 e. The Labute approximate surface area is 133 Å². The SMILES string of the molecule is CNCC1CCN(S(=O)(=O)c2ccc3c(c2)CCC3)C1.Cl. The average Bonchev–Trinajstić information content (AvgIpc) is 3.06. The molecule has 1 heterocycles. The zero-order valence-electron chi connectivity index (χ0n) is 12.3. The minimum atomic E-state index is -3.31. The summed E-state index contributed by atoms with van der Waals surface area (Å²) in [5.74, 6) is 0.434. The molecule has 118 valence electrons. The van der Waals surface area contributed by atoms with E-state index in [1.165, 1.54) is 11.1 Å². The van der Waals surface area contributed by atoms with E-state index in [4.69, 9.17) is 0 Å². The van der Waals surface area contributed by atoms with Crippen LogP contribution in [0, 0.1) is 5.92 Å². The van der Waals surface area contributed by atoms with Crippen LogP contribution in [0.25, 0.3) is 0 Å². The summed E-state index contributed by atoms with van der Waals surface area (Å²) in [6.45, 7) is 2.17. The van der Waals surface area contributed by atoms with Gasteiger partial charge in [0.15, 0.2) is 0 Å². The highest BCUT2D eigenvalue weighted by Crippen LogP contribution is 2.28. The first-order valence-corrected chi connectivity index (χ1v) is 8.82. The summed E-state index contributed by atoms with van der Waals surface area (Å²) in [5.41, 5.74) is 2.54. The third-order valence-corrected chi connectivity index (χ3v) is 6.31. The van der Waals surface area contributed by atoms with Crippen molar-refractivity contribution in [3.63, 3.8) is 0 Å². The Morgan fingerprint density at radius 2 is 2.05 bits per heavy atom. The van der Waals surface area contributed by atoms with Crippen molar-refractivity contribution >= 4 is 22.4 Å². The van der Waals surface area contributed by atoms with Crippen LogP contribution in [-0.2, 0) is 22.9 Å². The number of nitrogens with one attached hydrogen (secondary N) is 1. The van der Waals surface area contributed by atoms with Crippen LogP contribution in [0.4, 0.5) is 0 Å². The quantitative estimate of drug-likeness (QED) is 0.916. The van der Waals surface area contributed by atoms with E-state index in [1.807, 2.05) is 19.2 Å². The van der Waals surface area contributed by atoms with Gasteiger partial charge in [-0.2, -0.15) is 4.31 Å². The highest BCUT2D eigenvalue weighted by Gasteiger charge is 2.32. The Balaban J connectivity index is 0.00000161. The number of hydrogen-bond donors (Lipinski definition) is 1. The molecule has 1 saturated heterocycles. The maximum atomic E-state index is 12.7. The molecule has 1 N–H and O–H groups in total. The molecule has 4 nitrogen and oxygen atoms in total. The van der Waals surface area contributed by atoms with Crippen molar-refractivity contribution in [3.05, 3.63) is 29.3 Å². The summed E-state index contributed by atoms with van der Waals surface area (Å²) >= 11 is 0. The molecule has 2 aliphatic rings. The molecule has 0 saturated carbocycles. The number of nitrogens with zero attached hydrogens (tertiary/aromatic N) is 1. The molecule has 0 bridgehead atoms. The number of benzene rings is 1. The number of hydrogen-bond acceptors (Lipinski definition) is 3. The van der Waals surface area contributed by atoms with Crippen molar-refractivity contribution in [2.45, 2.75) is 30.6 Å². The fourth-order valence-electron chi connectivity index (χ4n) is 3.33. The van der Waals surface area contributed by atoms with E-state index in [-0.39, 0.29) is 12.4 Å². The lowest BCUT2D eigenvalue weighted by atomic mass is 10.1. The number of rotatable bonds is 4. The zero-order valence-corrected chi connectivity index (χ0v) is 14.0. The van der Waals surface area contributed by atoms with Gasteiger partial charge in [-0.1, -0.05) is 6.07 Å². The molecular weight excluding hydrogens is 308 g/mol. The molecule has 0 aromatic heterocycles. The Bertz CT molecular complexity index is 604. The molecule has 21 heavy (non-hydrogen) atoms. The first-order valence-electron chi connectivity index (χ1n) is 7.38. The maximum absolute atomic E-state index is 12.7. The van der Waals surface area contributed by atoms with Crippen molar-refractivity contribution in [2.75, 3.05) is 26.7 Å². The maximum Gasteiger partial charge on any atom is 0.243 e. The van der Waals surface area contributed by atoms with Gasteiger partial charge < -0.3 is 5.32 Å². The fraction of sp³-hybridized carbons (Fsp3) is 0.600. The lowest BCUT2D eigenvalue weighted by molar-refractivity contribution is 0.451. The summed E-state index contributed by atoms with van der Waals surface area (Å²) in [7, 11) is -1.39. The van der Waals surface area contributed by atoms with Gasteiger partial charge in [0.1, 0.15) is 0 Å². The van der Waals surface area contributed by atoms with E-state index in [2.05, 4.69) is 5.32 Å². The summed E-state index contributed by atoms with van der Waals surface area (Å²) < 4.78 is 27.0. The highest BCUT2D eigenvalue weighted by molar-refractivity contribution is 7.89. The van der Waals surface area contributed by atoms with Crippen LogP contribution in [0.2, 0.25) is 0 Å². The fourth-order valence-corrected chi connectivity index (χ4v) is 4.91. The predicted molar refractivity (Wildman–Crippen MR) is 86.5 cm³/mol. The second kappa shape index (κ2) is 6.65. The molecule has 1 fully saturated rings. The monoisotopic (exact) mass is 330 g/mol. The van der Waals surface area contributed by atoms with Gasteiger partial charge in [-0.05, 0) is 68.5 Å². The molecule has 1 aromatic rings. The molecule has 0 radical (unpaired) electrons. The van der Waals surface area contributed by atoms with Crippen LogP contribution < -0.4 is 5.32 Å². The summed E-state index contributed by atoms with van der Waals surface area (Å²) in [4.78, 5) is 0.475. The van der Waals surface area contributed by atoms with Crippen molar-refractivity contribution in [1.29, 1.82) is 0 Å². The van der Waals surface area contributed by atoms with E-state index in [1.54, 1.807) is 10.4 Å². The predicted octanol–water partition coefficient (Wildman–Crippen LogP) is 1.83. The number of sulfonamides is 1. The molecule has 6 heteroatoms. The molecule has 1 unspecified atom stereocenters. The molecule has 0 amide bonds. The minimum Gasteiger partial charge on any atom is -0.319 e. The minimum absolute atomic E-state index is 0. The third-order valence-electron chi connectivity index (χ3n) is 4.45. The Morgan fingerprint density at radius 1 is 1.29 bits per heavy atom. The Kier molecular flexibility index (Phi) is 5.30. The van der Waals surface area contributed by atoms with Gasteiger partial charge in [0, 0.05) is 13.1 Å². The van der Waals surface area contributed by atoms with E-state index in [0.717, 1.165) is 32.2 Å². The van der Waals surface area contributed by atoms with Gasteiger partial charge in [-0.3, -0.25) is 0 Å². The van der Waals surface area contributed by atoms with Crippen LogP contribution in [0.5, 0.6) is 0 Å². The lowest BCUT2D eigenvalue weighted by Gasteiger charge is -2.17. The van der Waals surface area contributed by atoms with Crippen LogP contribution in [0.15, 0.2) is 23.1 Å².